The van der Waals surface area contributed by atoms with Crippen LogP contribution in [0.15, 0.2) is 12.5 Å². The molecule has 0 saturated heterocycles. The van der Waals surface area contributed by atoms with Crippen LogP contribution in [0.5, 0.6) is 0 Å². The van der Waals surface area contributed by atoms with Gasteiger partial charge in [0.25, 0.3) is 0 Å². The summed E-state index contributed by atoms with van der Waals surface area (Å²) in [5, 5.41) is 4.10. The molecule has 0 bridgehead atoms. The van der Waals surface area contributed by atoms with Gasteiger partial charge in [-0.15, -0.1) is 0 Å². The molecule has 0 saturated carbocycles. The van der Waals surface area contributed by atoms with E-state index in [2.05, 4.69) is 15.1 Å². The molecular weight excluding hydrogens is 489 g/mol. The third-order valence-electron chi connectivity index (χ3n) is 3.93. The van der Waals surface area contributed by atoms with Gasteiger partial charge < -0.3 is 29.4 Å². The lowest BCUT2D eigenvalue weighted by Gasteiger charge is -2.20. The number of imidazole rings is 1. The summed E-state index contributed by atoms with van der Waals surface area (Å²) in [4.78, 5) is 31.1. The minimum absolute atomic E-state index is 0.220. The number of aromatic nitrogens is 4. The number of hydrogen-bond acceptors (Lipinski definition) is 14. The average molecular weight is 519 g/mol. The van der Waals surface area contributed by atoms with Crippen molar-refractivity contribution in [3.8, 4) is 0 Å². The molecule has 196 valence electrons. The van der Waals surface area contributed by atoms with E-state index in [1.54, 1.807) is 40.8 Å². The Morgan fingerprint density at radius 2 is 1.57 bits per heavy atom. The van der Waals surface area contributed by atoms with E-state index in [1.165, 1.54) is 10.8 Å². The van der Waals surface area contributed by atoms with Gasteiger partial charge in [0.2, 0.25) is 13.6 Å². The van der Waals surface area contributed by atoms with Crippen LogP contribution in [-0.4, -0.2) is 70.1 Å². The topological polar surface area (TPSA) is 185 Å². The third-order valence-corrected chi connectivity index (χ3v) is 5.39. The van der Waals surface area contributed by atoms with E-state index in [0.29, 0.717) is 17.8 Å². The zero-order chi connectivity index (χ0) is 26.0. The highest BCUT2D eigenvalue weighted by Gasteiger charge is 2.29. The maximum Gasteiger partial charge on any atom is 0.510 e. The Kier molecular flexibility index (Phi) is 10.6. The molecule has 0 aliphatic rings. The predicted molar refractivity (Wildman–Crippen MR) is 119 cm³/mol. The molecule has 0 radical (unpaired) electrons. The Bertz CT molecular complexity index is 999. The van der Waals surface area contributed by atoms with Gasteiger partial charge in [-0.1, -0.05) is 0 Å². The first-order chi connectivity index (χ1) is 16.5. The van der Waals surface area contributed by atoms with Crippen LogP contribution in [0.4, 0.5) is 15.4 Å². The van der Waals surface area contributed by atoms with Crippen LogP contribution in [0.25, 0.3) is 5.65 Å². The normalized spacial score (nSPS) is 12.7. The number of hydrogen-bond donors (Lipinski definition) is 1. The molecule has 2 rings (SSSR count). The van der Waals surface area contributed by atoms with Crippen molar-refractivity contribution in [1.82, 2.24) is 19.6 Å². The fourth-order valence-corrected chi connectivity index (χ4v) is 3.55. The maximum atomic E-state index is 13.1. The average Bonchev–Trinajstić information content (AvgIpc) is 3.15. The zero-order valence-electron chi connectivity index (χ0n) is 20.1. The summed E-state index contributed by atoms with van der Waals surface area (Å²) in [5.41, 5.74) is 6.84. The van der Waals surface area contributed by atoms with Crippen molar-refractivity contribution in [3.63, 3.8) is 0 Å². The number of nitrogen functional groups attached to an aromatic ring is 1. The number of nitrogens with zero attached hydrogens (tertiary/aromatic N) is 4. The van der Waals surface area contributed by atoms with E-state index in [0.717, 1.165) is 0 Å². The highest BCUT2D eigenvalue weighted by molar-refractivity contribution is 7.53. The van der Waals surface area contributed by atoms with Gasteiger partial charge in [-0.3, -0.25) is 13.6 Å². The van der Waals surface area contributed by atoms with Crippen LogP contribution >= 0.6 is 7.60 Å². The van der Waals surface area contributed by atoms with Crippen molar-refractivity contribution < 1.29 is 46.9 Å². The maximum absolute atomic E-state index is 13.1. The first-order valence-electron chi connectivity index (χ1n) is 10.6. The summed E-state index contributed by atoms with van der Waals surface area (Å²) in [7, 11) is -4.06. The van der Waals surface area contributed by atoms with Crippen LogP contribution in [0.2, 0.25) is 0 Å². The molecule has 0 aromatic carbocycles. The number of rotatable bonds is 13. The smallest absolute Gasteiger partial charge is 0.432 e. The zero-order valence-corrected chi connectivity index (χ0v) is 21.0. The standard InChI is InChI=1S/C19H30N5O10P/c1-12(2)33-18(25)28-9-31-35(27,32-10-29-19(26)34-13(3)4)11-30-14(5)6-15-7-21-17-16(20)22-8-23-24(15)17/h7-8,12-14H,6,9-11H2,1-5H3,(H2,20,22,23)/t14-/m1/s1. The van der Waals surface area contributed by atoms with Crippen molar-refractivity contribution in [1.29, 1.82) is 0 Å². The Morgan fingerprint density at radius 3 is 2.11 bits per heavy atom. The molecule has 1 atom stereocenters. The van der Waals surface area contributed by atoms with Crippen molar-refractivity contribution in [2.75, 3.05) is 25.7 Å². The number of anilines is 1. The Labute approximate surface area is 201 Å². The molecule has 2 aromatic heterocycles. The van der Waals surface area contributed by atoms with Crippen LogP contribution < -0.4 is 5.73 Å². The van der Waals surface area contributed by atoms with Crippen molar-refractivity contribution in [2.24, 2.45) is 0 Å². The lowest BCUT2D eigenvalue weighted by atomic mass is 10.2. The van der Waals surface area contributed by atoms with Gasteiger partial charge in [0.1, 0.15) is 12.7 Å². The SMILES string of the molecule is CC(C)OC(=O)OCOP(=O)(CO[C@H](C)Cc1cnc2c(N)ncnn12)OCOC(=O)OC(C)C. The number of carbonyl (C=O) groups is 2. The summed E-state index contributed by atoms with van der Waals surface area (Å²) >= 11 is 0. The number of fused-ring (bicyclic) bond motifs is 1. The van der Waals surface area contributed by atoms with E-state index in [4.69, 9.17) is 38.5 Å². The summed E-state index contributed by atoms with van der Waals surface area (Å²) < 4.78 is 49.5. The summed E-state index contributed by atoms with van der Waals surface area (Å²) in [5.74, 6) is 0.220. The van der Waals surface area contributed by atoms with E-state index >= 15 is 0 Å². The fraction of sp³-hybridized carbons (Fsp3) is 0.632. The van der Waals surface area contributed by atoms with Crippen molar-refractivity contribution in [3.05, 3.63) is 18.2 Å². The Morgan fingerprint density at radius 1 is 1.00 bits per heavy atom. The number of carbonyl (C=O) groups excluding carboxylic acids is 2. The van der Waals surface area contributed by atoms with Gasteiger partial charge >= 0.3 is 19.9 Å². The van der Waals surface area contributed by atoms with Crippen LogP contribution in [0, 0.1) is 0 Å². The summed E-state index contributed by atoms with van der Waals surface area (Å²) in [6.07, 6.45) is -0.772. The van der Waals surface area contributed by atoms with Crippen molar-refractivity contribution in [2.45, 2.75) is 59.4 Å². The summed E-state index contributed by atoms with van der Waals surface area (Å²) in [6, 6.07) is 0. The quantitative estimate of drug-likeness (QED) is 0.231. The van der Waals surface area contributed by atoms with Crippen LogP contribution in [-0.2, 0) is 43.7 Å². The summed E-state index contributed by atoms with van der Waals surface area (Å²) in [6.45, 7) is 6.72. The molecule has 2 N–H and O–H groups in total. The largest absolute Gasteiger partial charge is 0.510 e. The minimum Gasteiger partial charge on any atom is -0.432 e. The van der Waals surface area contributed by atoms with Crippen LogP contribution in [0.1, 0.15) is 40.3 Å². The van der Waals surface area contributed by atoms with E-state index < -0.39 is 58.2 Å². The highest BCUT2D eigenvalue weighted by Crippen LogP contribution is 2.48. The molecule has 0 aliphatic heterocycles. The Hall–Kier alpha value is -3.00. The van der Waals surface area contributed by atoms with Gasteiger partial charge in [-0.25, -0.2) is 24.1 Å². The molecule has 0 aliphatic carbocycles. The van der Waals surface area contributed by atoms with E-state index in [-0.39, 0.29) is 5.82 Å². The fourth-order valence-electron chi connectivity index (χ4n) is 2.47. The Balaban J connectivity index is 1.95. The third kappa shape index (κ3) is 9.64. The van der Waals surface area contributed by atoms with Crippen LogP contribution in [0.3, 0.4) is 0 Å². The molecule has 2 aromatic rings. The monoisotopic (exact) mass is 519 g/mol. The molecule has 16 heteroatoms. The second-order valence-corrected chi connectivity index (χ2v) is 9.66. The van der Waals surface area contributed by atoms with Gasteiger partial charge in [0.05, 0.1) is 30.2 Å². The first-order valence-corrected chi connectivity index (χ1v) is 12.3. The number of ether oxygens (including phenoxy) is 5. The van der Waals surface area contributed by atoms with E-state index in [1.807, 2.05) is 0 Å². The number of nitrogens with two attached hydrogens (primary N) is 1. The molecular formula is C19H30N5O10P. The molecule has 0 fully saturated rings. The second-order valence-electron chi connectivity index (χ2n) is 7.67. The first kappa shape index (κ1) is 28.2. The van der Waals surface area contributed by atoms with Gasteiger partial charge in [-0.2, -0.15) is 5.10 Å². The van der Waals surface area contributed by atoms with E-state index in [9.17, 15) is 14.2 Å². The van der Waals surface area contributed by atoms with Gasteiger partial charge in [0, 0.05) is 6.42 Å². The molecule has 35 heavy (non-hydrogen) atoms. The highest BCUT2D eigenvalue weighted by atomic mass is 31.2. The molecule has 0 amide bonds. The lowest BCUT2D eigenvalue weighted by molar-refractivity contribution is -0.0364. The minimum atomic E-state index is -4.06. The molecule has 15 nitrogen and oxygen atoms in total. The predicted octanol–water partition coefficient (Wildman–Crippen LogP) is 2.88. The lowest BCUT2D eigenvalue weighted by Crippen LogP contribution is -2.19. The van der Waals surface area contributed by atoms with Crippen molar-refractivity contribution >= 4 is 31.4 Å². The van der Waals surface area contributed by atoms with Gasteiger partial charge in [0.15, 0.2) is 11.5 Å². The second kappa shape index (κ2) is 13.2. The van der Waals surface area contributed by atoms with Gasteiger partial charge in [-0.05, 0) is 34.6 Å². The molecule has 0 unspecified atom stereocenters. The molecule has 2 heterocycles. The molecule has 0 spiro atoms.